The Kier molecular flexibility index (Phi) is 32.8. The number of carbonyl (C=O) groups is 3. The summed E-state index contributed by atoms with van der Waals surface area (Å²) in [4.78, 5) is 45.7. The zero-order chi connectivity index (χ0) is 37.8. The second-order valence-electron chi connectivity index (χ2n) is 12.7. The molecular weight excluding hydrogens is 673 g/mol. The number of ether oxygens (including phenoxy) is 2. The van der Waals surface area contributed by atoms with Gasteiger partial charge in [-0.05, 0) is 51.4 Å². The first-order valence-electron chi connectivity index (χ1n) is 19.2. The molecule has 4 N–H and O–H groups in total. The topological polar surface area (TPSA) is 172 Å². The second-order valence-corrected chi connectivity index (χ2v) is 14.2. The Bertz CT molecular complexity index is 1060. The maximum Gasteiger partial charge on any atom is 0.472 e. The lowest BCUT2D eigenvalue weighted by Gasteiger charge is -2.20. The van der Waals surface area contributed by atoms with E-state index in [1.807, 2.05) is 0 Å². The van der Waals surface area contributed by atoms with Gasteiger partial charge in [-0.2, -0.15) is 0 Å². The molecular formula is C39H68NO10P. The van der Waals surface area contributed by atoms with Crippen LogP contribution in [0.2, 0.25) is 0 Å². The number of rotatable bonds is 35. The van der Waals surface area contributed by atoms with Gasteiger partial charge in [0.15, 0.2) is 6.10 Å². The van der Waals surface area contributed by atoms with Crippen LogP contribution in [0.3, 0.4) is 0 Å². The Hall–Kier alpha value is -2.56. The molecule has 0 radical (unpaired) electrons. The first-order chi connectivity index (χ1) is 24.6. The Balaban J connectivity index is 4.47. The van der Waals surface area contributed by atoms with E-state index < -0.39 is 51.1 Å². The molecule has 0 aromatic heterocycles. The number of phosphoric ester groups is 1. The first kappa shape index (κ1) is 48.4. The van der Waals surface area contributed by atoms with E-state index in [4.69, 9.17) is 24.8 Å². The Morgan fingerprint density at radius 2 is 1.08 bits per heavy atom. The van der Waals surface area contributed by atoms with Gasteiger partial charge < -0.3 is 25.2 Å². The van der Waals surface area contributed by atoms with Crippen molar-refractivity contribution in [2.24, 2.45) is 5.73 Å². The van der Waals surface area contributed by atoms with E-state index >= 15 is 0 Å². The molecule has 1 unspecified atom stereocenters. The van der Waals surface area contributed by atoms with Gasteiger partial charge in [-0.3, -0.25) is 23.4 Å². The van der Waals surface area contributed by atoms with Crippen LogP contribution in [0.25, 0.3) is 0 Å². The van der Waals surface area contributed by atoms with Gasteiger partial charge in [0.2, 0.25) is 0 Å². The summed E-state index contributed by atoms with van der Waals surface area (Å²) in [7, 11) is -4.71. The standard InChI is InChI=1S/C39H68NO10P/c1-3-5-7-9-11-13-15-16-17-18-19-20-21-23-24-26-28-30-37(41)47-32-35(33-48-51(45,46)49-34-36(40)39(43)44)50-38(42)31-29-27-25-22-14-12-10-8-6-4-2/h7,9,13,15,17-18,20-21,35-36H,3-6,8,10-12,14,16,19,22-34,40H2,1-2H3,(H,43,44)(H,45,46)/b9-7+,15-13+,18-17+,21-20+/t35-,36+/m0/s1. The highest BCUT2D eigenvalue weighted by molar-refractivity contribution is 7.47. The number of nitrogens with two attached hydrogens (primary N) is 1. The predicted molar refractivity (Wildman–Crippen MR) is 203 cm³/mol. The van der Waals surface area contributed by atoms with Crippen molar-refractivity contribution < 1.29 is 47.5 Å². The van der Waals surface area contributed by atoms with Gasteiger partial charge in [0, 0.05) is 12.8 Å². The number of hydrogen-bond acceptors (Lipinski definition) is 9. The molecule has 0 fully saturated rings. The normalized spacial score (nSPS) is 14.4. The highest BCUT2D eigenvalue weighted by atomic mass is 31.2. The summed E-state index contributed by atoms with van der Waals surface area (Å²) in [5.41, 5.74) is 5.31. The van der Waals surface area contributed by atoms with Gasteiger partial charge in [-0.25, -0.2) is 4.57 Å². The minimum atomic E-state index is -4.71. The maximum absolute atomic E-state index is 12.5. The molecule has 51 heavy (non-hydrogen) atoms. The molecule has 0 saturated carbocycles. The fourth-order valence-corrected chi connectivity index (χ4v) is 5.54. The quantitative estimate of drug-likeness (QED) is 0.0244. The predicted octanol–water partition coefficient (Wildman–Crippen LogP) is 9.44. The second kappa shape index (κ2) is 34.5. The third-order valence-electron chi connectivity index (χ3n) is 7.81. The van der Waals surface area contributed by atoms with Gasteiger partial charge in [-0.1, -0.05) is 133 Å². The van der Waals surface area contributed by atoms with Crippen molar-refractivity contribution in [3.05, 3.63) is 48.6 Å². The lowest BCUT2D eigenvalue weighted by Crippen LogP contribution is -2.34. The van der Waals surface area contributed by atoms with Crippen LogP contribution in [-0.2, 0) is 37.5 Å². The molecule has 0 aromatic rings. The zero-order valence-electron chi connectivity index (χ0n) is 31.4. The van der Waals surface area contributed by atoms with Crippen LogP contribution >= 0.6 is 7.82 Å². The first-order valence-corrected chi connectivity index (χ1v) is 20.7. The number of carboxylic acids is 1. The molecule has 0 spiro atoms. The summed E-state index contributed by atoms with van der Waals surface area (Å²) in [5, 5.41) is 8.85. The van der Waals surface area contributed by atoms with Crippen LogP contribution in [0, 0.1) is 0 Å². The Morgan fingerprint density at radius 3 is 1.63 bits per heavy atom. The summed E-state index contributed by atoms with van der Waals surface area (Å²) in [5.74, 6) is -2.42. The average molecular weight is 742 g/mol. The molecule has 0 aliphatic rings. The number of carbonyl (C=O) groups excluding carboxylic acids is 2. The molecule has 12 heteroatoms. The maximum atomic E-state index is 12.5. The van der Waals surface area contributed by atoms with E-state index in [2.05, 4.69) is 67.0 Å². The monoisotopic (exact) mass is 741 g/mol. The van der Waals surface area contributed by atoms with Crippen molar-refractivity contribution in [3.8, 4) is 0 Å². The van der Waals surface area contributed by atoms with E-state index in [1.165, 1.54) is 44.9 Å². The molecule has 0 saturated heterocycles. The van der Waals surface area contributed by atoms with Crippen molar-refractivity contribution in [3.63, 3.8) is 0 Å². The Labute approximate surface area is 307 Å². The van der Waals surface area contributed by atoms with E-state index in [1.54, 1.807) is 0 Å². The van der Waals surface area contributed by atoms with Crippen molar-refractivity contribution in [1.82, 2.24) is 0 Å². The molecule has 0 aliphatic carbocycles. The molecule has 0 amide bonds. The number of hydrogen-bond donors (Lipinski definition) is 3. The molecule has 0 aliphatic heterocycles. The number of carboxylic acid groups (broad SMARTS) is 1. The lowest BCUT2D eigenvalue weighted by molar-refractivity contribution is -0.161. The molecule has 294 valence electrons. The van der Waals surface area contributed by atoms with E-state index in [0.29, 0.717) is 12.8 Å². The van der Waals surface area contributed by atoms with Gasteiger partial charge in [0.25, 0.3) is 0 Å². The smallest absolute Gasteiger partial charge is 0.472 e. The van der Waals surface area contributed by atoms with Crippen LogP contribution in [0.5, 0.6) is 0 Å². The minimum absolute atomic E-state index is 0.154. The molecule has 0 bridgehead atoms. The number of unbranched alkanes of at least 4 members (excludes halogenated alkanes) is 13. The lowest BCUT2D eigenvalue weighted by atomic mass is 10.1. The van der Waals surface area contributed by atoms with Gasteiger partial charge in [0.1, 0.15) is 12.6 Å². The van der Waals surface area contributed by atoms with Crippen LogP contribution in [0.4, 0.5) is 0 Å². The van der Waals surface area contributed by atoms with Crippen LogP contribution in [0.1, 0.15) is 149 Å². The largest absolute Gasteiger partial charge is 0.480 e. The molecule has 0 aromatic carbocycles. The van der Waals surface area contributed by atoms with Crippen molar-refractivity contribution >= 4 is 25.7 Å². The highest BCUT2D eigenvalue weighted by Gasteiger charge is 2.28. The van der Waals surface area contributed by atoms with Gasteiger partial charge in [0.05, 0.1) is 13.2 Å². The number of allylic oxidation sites excluding steroid dienone is 8. The fraction of sp³-hybridized carbons (Fsp3) is 0.718. The summed E-state index contributed by atoms with van der Waals surface area (Å²) < 4.78 is 32.5. The number of esters is 2. The van der Waals surface area contributed by atoms with Gasteiger partial charge in [-0.15, -0.1) is 0 Å². The zero-order valence-corrected chi connectivity index (χ0v) is 32.3. The molecule has 3 atom stereocenters. The summed E-state index contributed by atoms with van der Waals surface area (Å²) in [6, 6.07) is -1.52. The summed E-state index contributed by atoms with van der Waals surface area (Å²) in [6.07, 6.45) is 36.1. The van der Waals surface area contributed by atoms with E-state index in [-0.39, 0.29) is 19.4 Å². The van der Waals surface area contributed by atoms with Crippen LogP contribution < -0.4 is 5.73 Å². The Morgan fingerprint density at radius 1 is 0.608 bits per heavy atom. The number of phosphoric acid groups is 1. The molecule has 11 nitrogen and oxygen atoms in total. The van der Waals surface area contributed by atoms with Crippen LogP contribution in [0.15, 0.2) is 48.6 Å². The van der Waals surface area contributed by atoms with Crippen molar-refractivity contribution in [2.45, 2.75) is 161 Å². The summed E-state index contributed by atoms with van der Waals surface area (Å²) in [6.45, 7) is 2.66. The van der Waals surface area contributed by atoms with Crippen molar-refractivity contribution in [1.29, 1.82) is 0 Å². The van der Waals surface area contributed by atoms with E-state index in [0.717, 1.165) is 64.2 Å². The van der Waals surface area contributed by atoms with Gasteiger partial charge >= 0.3 is 25.7 Å². The van der Waals surface area contributed by atoms with Crippen LogP contribution in [-0.4, -0.2) is 59.9 Å². The molecule has 0 heterocycles. The fourth-order valence-electron chi connectivity index (χ4n) is 4.76. The minimum Gasteiger partial charge on any atom is -0.480 e. The third kappa shape index (κ3) is 34.3. The van der Waals surface area contributed by atoms with E-state index in [9.17, 15) is 23.8 Å². The highest BCUT2D eigenvalue weighted by Crippen LogP contribution is 2.43. The summed E-state index contributed by atoms with van der Waals surface area (Å²) >= 11 is 0. The SMILES string of the molecule is CCC/C=C/C/C=C/C/C=C/C/C=C/CCCCCC(=O)OC[C@@H](COP(=O)(O)OC[C@@H](N)C(=O)O)OC(=O)CCCCCCCCCCCC. The molecule has 0 rings (SSSR count). The number of aliphatic carboxylic acids is 1. The van der Waals surface area contributed by atoms with Crippen molar-refractivity contribution in [2.75, 3.05) is 19.8 Å². The average Bonchev–Trinajstić information content (AvgIpc) is 3.10. The third-order valence-corrected chi connectivity index (χ3v) is 8.76.